The Bertz CT molecular complexity index is 1210. The molecule has 31 heavy (non-hydrogen) atoms. The minimum Gasteiger partial charge on any atom is -0.496 e. The Morgan fingerprint density at radius 2 is 1.81 bits per heavy atom. The van der Waals surface area contributed by atoms with Crippen LogP contribution in [0.15, 0.2) is 67.1 Å². The molecule has 0 amide bonds. The van der Waals surface area contributed by atoms with Crippen molar-refractivity contribution < 1.29 is 17.9 Å². The molecule has 2 heterocycles. The number of para-hydroxylation sites is 1. The van der Waals surface area contributed by atoms with E-state index in [1.807, 2.05) is 24.3 Å². The molecular formula is C23H19F3N4O. The number of benzene rings is 2. The van der Waals surface area contributed by atoms with E-state index in [-0.39, 0.29) is 5.69 Å². The number of hydrogen-bond acceptors (Lipinski definition) is 5. The van der Waals surface area contributed by atoms with Gasteiger partial charge in [0.15, 0.2) is 0 Å². The van der Waals surface area contributed by atoms with Crippen molar-refractivity contribution in [3.05, 3.63) is 78.2 Å². The van der Waals surface area contributed by atoms with Crippen molar-refractivity contribution in [2.45, 2.75) is 12.6 Å². The Morgan fingerprint density at radius 1 is 0.968 bits per heavy atom. The number of fused-ring (bicyclic) bond motifs is 1. The molecule has 0 fully saturated rings. The summed E-state index contributed by atoms with van der Waals surface area (Å²) in [5.41, 5.74) is 1.04. The van der Waals surface area contributed by atoms with Crippen molar-refractivity contribution in [1.29, 1.82) is 0 Å². The van der Waals surface area contributed by atoms with Gasteiger partial charge in [-0.25, -0.2) is 9.97 Å². The van der Waals surface area contributed by atoms with Crippen LogP contribution in [-0.4, -0.2) is 28.6 Å². The molecule has 0 saturated heterocycles. The van der Waals surface area contributed by atoms with Crippen LogP contribution in [0.2, 0.25) is 0 Å². The molecule has 1 N–H and O–H groups in total. The Labute approximate surface area is 177 Å². The summed E-state index contributed by atoms with van der Waals surface area (Å²) >= 11 is 0. The summed E-state index contributed by atoms with van der Waals surface area (Å²) in [5, 5.41) is 4.00. The first-order valence-corrected chi connectivity index (χ1v) is 9.60. The number of pyridine rings is 1. The van der Waals surface area contributed by atoms with Crippen LogP contribution in [0.4, 0.5) is 19.0 Å². The third kappa shape index (κ3) is 4.42. The Balaban J connectivity index is 1.60. The molecule has 0 aliphatic heterocycles. The maximum atomic E-state index is 13.4. The summed E-state index contributed by atoms with van der Waals surface area (Å²) in [4.78, 5) is 12.5. The fourth-order valence-electron chi connectivity index (χ4n) is 3.43. The molecule has 0 aliphatic carbocycles. The molecule has 4 aromatic rings. The molecule has 8 heteroatoms. The van der Waals surface area contributed by atoms with Gasteiger partial charge in [0, 0.05) is 23.7 Å². The van der Waals surface area contributed by atoms with Crippen molar-refractivity contribution in [2.75, 3.05) is 19.0 Å². The number of alkyl halides is 3. The van der Waals surface area contributed by atoms with Crippen LogP contribution in [0.25, 0.3) is 22.2 Å². The number of rotatable bonds is 6. The molecular weight excluding hydrogens is 405 g/mol. The highest BCUT2D eigenvalue weighted by Gasteiger charge is 2.34. The van der Waals surface area contributed by atoms with E-state index < -0.39 is 11.7 Å². The van der Waals surface area contributed by atoms with Crippen molar-refractivity contribution >= 4 is 16.7 Å². The lowest BCUT2D eigenvalue weighted by Gasteiger charge is -2.13. The summed E-state index contributed by atoms with van der Waals surface area (Å²) in [7, 11) is 1.63. The molecule has 0 atom stereocenters. The number of ether oxygens (including phenoxy) is 1. The maximum Gasteiger partial charge on any atom is 0.418 e. The fraction of sp³-hybridized carbons (Fsp3) is 0.174. The van der Waals surface area contributed by atoms with Crippen LogP contribution in [0.3, 0.4) is 0 Å². The predicted octanol–water partition coefficient (Wildman–Crippen LogP) is 5.37. The van der Waals surface area contributed by atoms with Gasteiger partial charge in [0.05, 0.1) is 23.9 Å². The predicted molar refractivity (Wildman–Crippen MR) is 113 cm³/mol. The van der Waals surface area contributed by atoms with Gasteiger partial charge in [-0.1, -0.05) is 24.3 Å². The van der Waals surface area contributed by atoms with Gasteiger partial charge < -0.3 is 10.1 Å². The zero-order valence-electron chi connectivity index (χ0n) is 16.6. The molecule has 2 aromatic heterocycles. The number of nitrogens with zero attached hydrogens (tertiary/aromatic N) is 3. The van der Waals surface area contributed by atoms with Gasteiger partial charge in [-0.15, -0.1) is 0 Å². The SMILES string of the molecule is COc1ccccc1CCNc1ncnc2cc(-c3ncccc3C(F)(F)F)ccc12. The van der Waals surface area contributed by atoms with Crippen LogP contribution in [0, 0.1) is 0 Å². The summed E-state index contributed by atoms with van der Waals surface area (Å²) in [5.74, 6) is 1.43. The van der Waals surface area contributed by atoms with E-state index in [0.29, 0.717) is 23.4 Å². The lowest BCUT2D eigenvalue weighted by Crippen LogP contribution is -2.09. The van der Waals surface area contributed by atoms with Crippen LogP contribution in [0.1, 0.15) is 11.1 Å². The highest BCUT2D eigenvalue weighted by molar-refractivity contribution is 5.91. The second-order valence-corrected chi connectivity index (χ2v) is 6.84. The summed E-state index contributed by atoms with van der Waals surface area (Å²) in [6.45, 7) is 0.604. The standard InChI is InChI=1S/C23H19F3N4O/c1-31-20-7-3-2-5-15(20)10-12-28-22-17-9-8-16(13-19(17)29-14-30-22)21-18(23(24,25)26)6-4-11-27-21/h2-9,11,13-14H,10,12H2,1H3,(H,28,29,30). The molecule has 0 saturated carbocycles. The van der Waals surface area contributed by atoms with Crippen LogP contribution < -0.4 is 10.1 Å². The van der Waals surface area contributed by atoms with Gasteiger partial charge in [-0.2, -0.15) is 13.2 Å². The first kappa shape index (κ1) is 20.6. The topological polar surface area (TPSA) is 59.9 Å². The minimum absolute atomic E-state index is 0.124. The van der Waals surface area contributed by atoms with Gasteiger partial charge in [-0.3, -0.25) is 4.98 Å². The molecule has 0 unspecified atom stereocenters. The van der Waals surface area contributed by atoms with Gasteiger partial charge in [-0.05, 0) is 42.3 Å². The van der Waals surface area contributed by atoms with Crippen molar-refractivity contribution in [2.24, 2.45) is 0 Å². The van der Waals surface area contributed by atoms with Gasteiger partial charge in [0.25, 0.3) is 0 Å². The molecule has 4 rings (SSSR count). The third-order valence-corrected chi connectivity index (χ3v) is 4.90. The largest absolute Gasteiger partial charge is 0.496 e. The Hall–Kier alpha value is -3.68. The Kier molecular flexibility index (Phi) is 5.70. The van der Waals surface area contributed by atoms with E-state index in [1.54, 1.807) is 25.3 Å². The maximum absolute atomic E-state index is 13.4. The molecule has 5 nitrogen and oxygen atoms in total. The lowest BCUT2D eigenvalue weighted by molar-refractivity contribution is -0.137. The number of aromatic nitrogens is 3. The van der Waals surface area contributed by atoms with Crippen LogP contribution >= 0.6 is 0 Å². The number of nitrogens with one attached hydrogen (secondary N) is 1. The first-order chi connectivity index (χ1) is 15.0. The normalized spacial score (nSPS) is 11.5. The highest BCUT2D eigenvalue weighted by atomic mass is 19.4. The van der Waals surface area contributed by atoms with Crippen molar-refractivity contribution in [3.8, 4) is 17.0 Å². The molecule has 0 radical (unpaired) electrons. The third-order valence-electron chi connectivity index (χ3n) is 4.90. The van der Waals surface area contributed by atoms with Crippen LogP contribution in [0.5, 0.6) is 5.75 Å². The van der Waals surface area contributed by atoms with E-state index in [2.05, 4.69) is 20.3 Å². The molecule has 0 spiro atoms. The summed E-state index contributed by atoms with van der Waals surface area (Å²) in [6, 6.07) is 15.0. The van der Waals surface area contributed by atoms with Crippen molar-refractivity contribution in [1.82, 2.24) is 15.0 Å². The van der Waals surface area contributed by atoms with E-state index in [4.69, 9.17) is 4.74 Å². The molecule has 0 bridgehead atoms. The first-order valence-electron chi connectivity index (χ1n) is 9.60. The van der Waals surface area contributed by atoms with Gasteiger partial charge >= 0.3 is 6.18 Å². The lowest BCUT2D eigenvalue weighted by atomic mass is 10.0. The van der Waals surface area contributed by atoms with E-state index in [0.717, 1.165) is 29.2 Å². The van der Waals surface area contributed by atoms with E-state index in [1.165, 1.54) is 18.6 Å². The average molecular weight is 424 g/mol. The average Bonchev–Trinajstić information content (AvgIpc) is 2.78. The van der Waals surface area contributed by atoms with Gasteiger partial charge in [0.2, 0.25) is 0 Å². The number of methoxy groups -OCH3 is 1. The second-order valence-electron chi connectivity index (χ2n) is 6.84. The zero-order valence-corrected chi connectivity index (χ0v) is 16.6. The van der Waals surface area contributed by atoms with Crippen LogP contribution in [-0.2, 0) is 12.6 Å². The fourth-order valence-corrected chi connectivity index (χ4v) is 3.43. The molecule has 2 aromatic carbocycles. The number of hydrogen-bond donors (Lipinski definition) is 1. The summed E-state index contributed by atoms with van der Waals surface area (Å²) in [6.07, 6.45) is -1.04. The number of halogens is 3. The van der Waals surface area contributed by atoms with E-state index >= 15 is 0 Å². The van der Waals surface area contributed by atoms with E-state index in [9.17, 15) is 13.2 Å². The quantitative estimate of drug-likeness (QED) is 0.451. The smallest absolute Gasteiger partial charge is 0.418 e. The van der Waals surface area contributed by atoms with Gasteiger partial charge in [0.1, 0.15) is 17.9 Å². The zero-order chi connectivity index (χ0) is 21.8. The Morgan fingerprint density at radius 3 is 2.61 bits per heavy atom. The second kappa shape index (κ2) is 8.59. The summed E-state index contributed by atoms with van der Waals surface area (Å²) < 4.78 is 45.5. The monoisotopic (exact) mass is 424 g/mol. The molecule has 158 valence electrons. The highest BCUT2D eigenvalue weighted by Crippen LogP contribution is 2.36. The number of anilines is 1. The van der Waals surface area contributed by atoms with Crippen molar-refractivity contribution in [3.63, 3.8) is 0 Å². The molecule has 0 aliphatic rings. The minimum atomic E-state index is -4.49.